The van der Waals surface area contributed by atoms with Crippen molar-refractivity contribution in [3.05, 3.63) is 119 Å². The van der Waals surface area contributed by atoms with Crippen LogP contribution in [-0.4, -0.2) is 0 Å². The highest BCUT2D eigenvalue weighted by Crippen LogP contribution is 2.30. The van der Waals surface area contributed by atoms with E-state index >= 15 is 0 Å². The molecule has 4 aromatic carbocycles. The van der Waals surface area contributed by atoms with E-state index in [1.165, 1.54) is 12.1 Å². The maximum Gasteiger partial charge on any atom is 0.129 e. The fraction of sp³-hybridized carbons (Fsp3) is 0.107. The van der Waals surface area contributed by atoms with E-state index in [1.54, 1.807) is 12.1 Å². The Morgan fingerprint density at radius 2 is 1.19 bits per heavy atom. The lowest BCUT2D eigenvalue weighted by atomic mass is 9.92. The molecule has 0 bridgehead atoms. The van der Waals surface area contributed by atoms with Gasteiger partial charge >= 0.3 is 0 Å². The molecule has 1 atom stereocenters. The Morgan fingerprint density at radius 3 is 1.71 bits per heavy atom. The van der Waals surface area contributed by atoms with Gasteiger partial charge in [-0.25, -0.2) is 8.78 Å². The Labute approximate surface area is 181 Å². The molecule has 31 heavy (non-hydrogen) atoms. The zero-order valence-corrected chi connectivity index (χ0v) is 17.1. The summed E-state index contributed by atoms with van der Waals surface area (Å²) in [6.45, 7) is 1.98. The maximum absolute atomic E-state index is 14.8. The second-order valence-corrected chi connectivity index (χ2v) is 7.70. The van der Waals surface area contributed by atoms with Gasteiger partial charge in [-0.3, -0.25) is 0 Å². The van der Waals surface area contributed by atoms with Gasteiger partial charge in [-0.2, -0.15) is 5.26 Å². The van der Waals surface area contributed by atoms with Crippen molar-refractivity contribution in [3.63, 3.8) is 0 Å². The predicted octanol–water partition coefficient (Wildman–Crippen LogP) is 7.52. The summed E-state index contributed by atoms with van der Waals surface area (Å²) < 4.78 is 29.6. The number of nitrogens with zero attached hydrogens (tertiary/aromatic N) is 1. The molecule has 0 spiro atoms. The lowest BCUT2D eigenvalue weighted by Crippen LogP contribution is -2.04. The summed E-state index contributed by atoms with van der Waals surface area (Å²) >= 11 is 0. The number of hydrogen-bond donors (Lipinski definition) is 0. The molecule has 0 aliphatic heterocycles. The first kappa shape index (κ1) is 20.5. The van der Waals surface area contributed by atoms with E-state index in [1.807, 2.05) is 73.7 Å². The van der Waals surface area contributed by atoms with E-state index in [4.69, 9.17) is 5.26 Å². The first-order chi connectivity index (χ1) is 15.0. The standard InChI is InChI=1S/C28H21F2N/c1-19(21-5-3-2-4-6-21)15-26-27(29)16-25(17-28(26)30)24-13-11-23(12-14-24)22-9-7-20(18-31)8-10-22/h2-14,16-17,19H,15H2,1H3/t19-/m0/s1. The number of hydrogen-bond acceptors (Lipinski definition) is 1. The average Bonchev–Trinajstić information content (AvgIpc) is 2.82. The van der Waals surface area contributed by atoms with Crippen LogP contribution >= 0.6 is 0 Å². The summed E-state index contributed by atoms with van der Waals surface area (Å²) in [5.74, 6) is -1.02. The molecule has 0 saturated heterocycles. The van der Waals surface area contributed by atoms with Crippen molar-refractivity contribution in [2.24, 2.45) is 0 Å². The average molecular weight is 409 g/mol. The summed E-state index contributed by atoms with van der Waals surface area (Å²) in [6.07, 6.45) is 0.305. The largest absolute Gasteiger partial charge is 0.207 e. The number of rotatable bonds is 5. The molecule has 4 rings (SSSR count). The second-order valence-electron chi connectivity index (χ2n) is 7.70. The van der Waals surface area contributed by atoms with Crippen molar-refractivity contribution in [3.8, 4) is 28.3 Å². The number of benzene rings is 4. The van der Waals surface area contributed by atoms with Crippen molar-refractivity contribution in [1.82, 2.24) is 0 Å². The fourth-order valence-electron chi connectivity index (χ4n) is 3.76. The van der Waals surface area contributed by atoms with E-state index in [2.05, 4.69) is 6.07 Å². The van der Waals surface area contributed by atoms with Gasteiger partial charge < -0.3 is 0 Å². The SMILES string of the molecule is C[C@@H](Cc1c(F)cc(-c2ccc(-c3ccc(C#N)cc3)cc2)cc1F)c1ccccc1. The van der Waals surface area contributed by atoms with Crippen molar-refractivity contribution >= 4 is 0 Å². The zero-order chi connectivity index (χ0) is 21.8. The third-order valence-corrected chi connectivity index (χ3v) is 5.59. The van der Waals surface area contributed by atoms with Crippen molar-refractivity contribution in [2.75, 3.05) is 0 Å². The molecule has 0 N–H and O–H groups in total. The molecule has 0 saturated carbocycles. The Bertz CT molecular complexity index is 1200. The van der Waals surface area contributed by atoms with Crippen LogP contribution in [0, 0.1) is 23.0 Å². The van der Waals surface area contributed by atoms with Gasteiger partial charge in [0.25, 0.3) is 0 Å². The van der Waals surface area contributed by atoms with E-state index < -0.39 is 11.6 Å². The summed E-state index contributed by atoms with van der Waals surface area (Å²) in [5.41, 5.74) is 5.00. The first-order valence-electron chi connectivity index (χ1n) is 10.2. The minimum absolute atomic E-state index is 0.0164. The summed E-state index contributed by atoms with van der Waals surface area (Å²) in [4.78, 5) is 0. The summed E-state index contributed by atoms with van der Waals surface area (Å²) in [7, 11) is 0. The monoisotopic (exact) mass is 409 g/mol. The van der Waals surface area contributed by atoms with Crippen LogP contribution in [-0.2, 0) is 6.42 Å². The second kappa shape index (κ2) is 8.93. The normalized spacial score (nSPS) is 11.7. The van der Waals surface area contributed by atoms with Gasteiger partial charge in [0.1, 0.15) is 11.6 Å². The lowest BCUT2D eigenvalue weighted by Gasteiger charge is -2.14. The third kappa shape index (κ3) is 4.54. The molecule has 0 fully saturated rings. The van der Waals surface area contributed by atoms with Gasteiger partial charge in [-0.1, -0.05) is 73.7 Å². The van der Waals surface area contributed by atoms with Gasteiger partial charge in [0.05, 0.1) is 11.6 Å². The van der Waals surface area contributed by atoms with E-state index in [0.717, 1.165) is 22.3 Å². The van der Waals surface area contributed by atoms with Gasteiger partial charge in [0.2, 0.25) is 0 Å². The van der Waals surface area contributed by atoms with E-state index in [0.29, 0.717) is 17.5 Å². The molecule has 4 aromatic rings. The Kier molecular flexibility index (Phi) is 5.91. The predicted molar refractivity (Wildman–Crippen MR) is 121 cm³/mol. The lowest BCUT2D eigenvalue weighted by molar-refractivity contribution is 0.544. The highest BCUT2D eigenvalue weighted by Gasteiger charge is 2.16. The Morgan fingerprint density at radius 1 is 0.710 bits per heavy atom. The summed E-state index contributed by atoms with van der Waals surface area (Å²) in [5, 5.41) is 8.92. The van der Waals surface area contributed by atoms with Crippen LogP contribution in [0.2, 0.25) is 0 Å². The van der Waals surface area contributed by atoms with Crippen LogP contribution in [0.4, 0.5) is 8.78 Å². The van der Waals surface area contributed by atoms with E-state index in [-0.39, 0.29) is 11.5 Å². The molecule has 152 valence electrons. The Hall–Kier alpha value is -3.77. The number of nitriles is 1. The van der Waals surface area contributed by atoms with Crippen LogP contribution in [0.25, 0.3) is 22.3 Å². The smallest absolute Gasteiger partial charge is 0.129 e. The minimum atomic E-state index is -0.519. The van der Waals surface area contributed by atoms with Gasteiger partial charge in [0.15, 0.2) is 0 Å². The molecule has 1 nitrogen and oxygen atoms in total. The molecular weight excluding hydrogens is 388 g/mol. The molecule has 0 aliphatic rings. The van der Waals surface area contributed by atoms with Crippen molar-refractivity contribution < 1.29 is 8.78 Å². The molecule has 0 aromatic heterocycles. The van der Waals surface area contributed by atoms with Gasteiger partial charge in [0, 0.05) is 5.56 Å². The molecule has 0 radical (unpaired) electrons. The zero-order valence-electron chi connectivity index (χ0n) is 17.1. The minimum Gasteiger partial charge on any atom is -0.207 e. The highest BCUT2D eigenvalue weighted by atomic mass is 19.1. The van der Waals surface area contributed by atoms with Gasteiger partial charge in [-0.15, -0.1) is 0 Å². The quantitative estimate of drug-likeness (QED) is 0.334. The molecule has 0 aliphatic carbocycles. The van der Waals surface area contributed by atoms with Crippen molar-refractivity contribution in [2.45, 2.75) is 19.3 Å². The first-order valence-corrected chi connectivity index (χ1v) is 10.2. The summed E-state index contributed by atoms with van der Waals surface area (Å²) in [6, 6.07) is 29.5. The van der Waals surface area contributed by atoms with Crippen LogP contribution in [0.15, 0.2) is 91.0 Å². The highest BCUT2D eigenvalue weighted by molar-refractivity contribution is 5.71. The van der Waals surface area contributed by atoms with Crippen molar-refractivity contribution in [1.29, 1.82) is 5.26 Å². The molecule has 0 unspecified atom stereocenters. The Balaban J connectivity index is 1.57. The third-order valence-electron chi connectivity index (χ3n) is 5.59. The topological polar surface area (TPSA) is 23.8 Å². The van der Waals surface area contributed by atoms with Crippen LogP contribution in [0.1, 0.15) is 29.5 Å². The van der Waals surface area contributed by atoms with Crippen LogP contribution in [0.3, 0.4) is 0 Å². The van der Waals surface area contributed by atoms with Gasteiger partial charge in [-0.05, 0) is 64.4 Å². The molecule has 0 heterocycles. The fourth-order valence-corrected chi connectivity index (χ4v) is 3.76. The number of halogens is 2. The van der Waals surface area contributed by atoms with E-state index in [9.17, 15) is 8.78 Å². The maximum atomic E-state index is 14.8. The molecular formula is C28H21F2N. The molecule has 0 amide bonds. The van der Waals surface area contributed by atoms with Crippen LogP contribution in [0.5, 0.6) is 0 Å². The molecule has 3 heteroatoms. The van der Waals surface area contributed by atoms with Crippen LogP contribution < -0.4 is 0 Å².